The van der Waals surface area contributed by atoms with Crippen LogP contribution in [0.1, 0.15) is 25.7 Å². The molecule has 1 aromatic carbocycles. The lowest BCUT2D eigenvalue weighted by molar-refractivity contribution is 0.420. The van der Waals surface area contributed by atoms with Crippen LogP contribution in [0.5, 0.6) is 0 Å². The topological polar surface area (TPSA) is 15.3 Å². The van der Waals surface area contributed by atoms with Crippen LogP contribution in [0.2, 0.25) is 5.02 Å². The first-order chi connectivity index (χ1) is 8.72. The molecule has 2 nitrogen and oxygen atoms in total. The number of hydrogen-bond donors (Lipinski definition) is 1. The number of anilines is 1. The molecule has 1 saturated carbocycles. The predicted molar refractivity (Wildman–Crippen MR) is 80.5 cm³/mol. The lowest BCUT2D eigenvalue weighted by Crippen LogP contribution is -2.46. The fourth-order valence-electron chi connectivity index (χ4n) is 2.61. The van der Waals surface area contributed by atoms with Crippen molar-refractivity contribution in [3.05, 3.63) is 27.7 Å². The monoisotopic (exact) mass is 328 g/mol. The number of hydrogen-bond acceptors (Lipinski definition) is 2. The van der Waals surface area contributed by atoms with Gasteiger partial charge in [0.1, 0.15) is 0 Å². The highest BCUT2D eigenvalue weighted by Gasteiger charge is 2.27. The van der Waals surface area contributed by atoms with Crippen LogP contribution in [0.25, 0.3) is 0 Å². The minimum atomic E-state index is 0.653. The number of halogens is 2. The highest BCUT2D eigenvalue weighted by molar-refractivity contribution is 9.10. The van der Waals surface area contributed by atoms with E-state index in [1.54, 1.807) is 0 Å². The summed E-state index contributed by atoms with van der Waals surface area (Å²) in [6, 6.07) is 7.67. The third kappa shape index (κ3) is 3.01. The molecular formula is C14H18BrClN2. The number of nitrogens with one attached hydrogen (secondary N) is 1. The normalized spacial score (nSPS) is 24.3. The van der Waals surface area contributed by atoms with E-state index in [2.05, 4.69) is 38.3 Å². The number of piperidine rings is 1. The van der Waals surface area contributed by atoms with E-state index < -0.39 is 0 Å². The molecule has 0 spiro atoms. The molecule has 1 unspecified atom stereocenters. The molecule has 0 aromatic heterocycles. The quantitative estimate of drug-likeness (QED) is 0.907. The Balaban J connectivity index is 1.68. The van der Waals surface area contributed by atoms with E-state index in [1.807, 2.05) is 6.07 Å². The van der Waals surface area contributed by atoms with Crippen LogP contribution in [0.3, 0.4) is 0 Å². The Kier molecular flexibility index (Phi) is 3.83. The Hall–Kier alpha value is -0.250. The van der Waals surface area contributed by atoms with Crippen molar-refractivity contribution >= 4 is 33.2 Å². The Morgan fingerprint density at radius 3 is 2.78 bits per heavy atom. The third-order valence-corrected chi connectivity index (χ3v) is 4.95. The summed E-state index contributed by atoms with van der Waals surface area (Å²) in [6.07, 6.45) is 5.30. The van der Waals surface area contributed by atoms with E-state index in [1.165, 1.54) is 31.4 Å². The zero-order chi connectivity index (χ0) is 12.5. The van der Waals surface area contributed by atoms with Crippen LogP contribution in [-0.4, -0.2) is 25.2 Å². The Labute approximate surface area is 122 Å². The summed E-state index contributed by atoms with van der Waals surface area (Å²) < 4.78 is 0.985. The van der Waals surface area contributed by atoms with Crippen LogP contribution >= 0.6 is 27.5 Å². The van der Waals surface area contributed by atoms with E-state index in [4.69, 9.17) is 11.6 Å². The SMILES string of the molecule is Clc1ccc(N2CCCC(NC3CC3)C2)cc1Br. The summed E-state index contributed by atoms with van der Waals surface area (Å²) in [6.45, 7) is 2.27. The van der Waals surface area contributed by atoms with Crippen molar-refractivity contribution in [3.8, 4) is 0 Å². The van der Waals surface area contributed by atoms with Crippen LogP contribution in [-0.2, 0) is 0 Å². The van der Waals surface area contributed by atoms with Gasteiger partial charge in [-0.05, 0) is 59.8 Å². The minimum absolute atomic E-state index is 0.653. The van der Waals surface area contributed by atoms with Gasteiger partial charge in [0.2, 0.25) is 0 Å². The molecule has 1 heterocycles. The standard InChI is InChI=1S/C14H18BrClN2/c15-13-8-12(5-6-14(13)16)18-7-1-2-11(9-18)17-10-3-4-10/h5-6,8,10-11,17H,1-4,7,9H2. The van der Waals surface area contributed by atoms with Crippen molar-refractivity contribution in [2.24, 2.45) is 0 Å². The van der Waals surface area contributed by atoms with Crippen LogP contribution in [0.15, 0.2) is 22.7 Å². The Bertz CT molecular complexity index is 434. The molecule has 4 heteroatoms. The largest absolute Gasteiger partial charge is 0.370 e. The van der Waals surface area contributed by atoms with Gasteiger partial charge in [0, 0.05) is 35.3 Å². The van der Waals surface area contributed by atoms with Crippen molar-refractivity contribution in [2.75, 3.05) is 18.0 Å². The molecule has 1 N–H and O–H groups in total. The average molecular weight is 330 g/mol. The molecule has 0 bridgehead atoms. The van der Waals surface area contributed by atoms with Crippen LogP contribution < -0.4 is 10.2 Å². The molecule has 98 valence electrons. The fraction of sp³-hybridized carbons (Fsp3) is 0.571. The summed E-state index contributed by atoms with van der Waals surface area (Å²) in [7, 11) is 0. The van der Waals surface area contributed by atoms with Crippen LogP contribution in [0.4, 0.5) is 5.69 Å². The van der Waals surface area contributed by atoms with Gasteiger partial charge in [-0.3, -0.25) is 0 Å². The molecule has 0 amide bonds. The van der Waals surface area contributed by atoms with Gasteiger partial charge in [0.25, 0.3) is 0 Å². The van der Waals surface area contributed by atoms with Gasteiger partial charge in [-0.25, -0.2) is 0 Å². The lowest BCUT2D eigenvalue weighted by atomic mass is 10.0. The molecule has 2 aliphatic rings. The molecular weight excluding hydrogens is 312 g/mol. The van der Waals surface area contributed by atoms with Crippen molar-refractivity contribution in [3.63, 3.8) is 0 Å². The van der Waals surface area contributed by atoms with E-state index >= 15 is 0 Å². The Morgan fingerprint density at radius 1 is 1.22 bits per heavy atom. The summed E-state index contributed by atoms with van der Waals surface area (Å²) in [5.41, 5.74) is 1.27. The zero-order valence-corrected chi connectivity index (χ0v) is 12.7. The van der Waals surface area contributed by atoms with Gasteiger partial charge in [-0.1, -0.05) is 11.6 Å². The second-order valence-corrected chi connectivity index (χ2v) is 6.59. The third-order valence-electron chi connectivity index (χ3n) is 3.74. The van der Waals surface area contributed by atoms with E-state index in [0.29, 0.717) is 6.04 Å². The molecule has 1 aliphatic heterocycles. The zero-order valence-electron chi connectivity index (χ0n) is 10.3. The summed E-state index contributed by atoms with van der Waals surface area (Å²) in [5, 5.41) is 4.52. The van der Waals surface area contributed by atoms with Crippen molar-refractivity contribution < 1.29 is 0 Å². The van der Waals surface area contributed by atoms with Gasteiger partial charge < -0.3 is 10.2 Å². The maximum Gasteiger partial charge on any atom is 0.0549 e. The first-order valence-corrected chi connectivity index (χ1v) is 7.85. The summed E-state index contributed by atoms with van der Waals surface area (Å²) in [5.74, 6) is 0. The van der Waals surface area contributed by atoms with Gasteiger partial charge in [-0.15, -0.1) is 0 Å². The van der Waals surface area contributed by atoms with Crippen molar-refractivity contribution in [2.45, 2.75) is 37.8 Å². The molecule has 2 fully saturated rings. The molecule has 1 aliphatic carbocycles. The second kappa shape index (κ2) is 5.40. The number of nitrogens with zero attached hydrogens (tertiary/aromatic N) is 1. The summed E-state index contributed by atoms with van der Waals surface area (Å²) >= 11 is 9.55. The molecule has 1 atom stereocenters. The maximum absolute atomic E-state index is 6.05. The predicted octanol–water partition coefficient (Wildman–Crippen LogP) is 3.82. The van der Waals surface area contributed by atoms with Crippen molar-refractivity contribution in [1.82, 2.24) is 5.32 Å². The minimum Gasteiger partial charge on any atom is -0.370 e. The van der Waals surface area contributed by atoms with Crippen molar-refractivity contribution in [1.29, 1.82) is 0 Å². The van der Waals surface area contributed by atoms with Gasteiger partial charge in [0.15, 0.2) is 0 Å². The van der Waals surface area contributed by atoms with Crippen LogP contribution in [0, 0.1) is 0 Å². The first kappa shape index (κ1) is 12.8. The van der Waals surface area contributed by atoms with E-state index in [-0.39, 0.29) is 0 Å². The molecule has 18 heavy (non-hydrogen) atoms. The number of benzene rings is 1. The molecule has 0 radical (unpaired) electrons. The van der Waals surface area contributed by atoms with E-state index in [0.717, 1.165) is 28.6 Å². The number of rotatable bonds is 3. The fourth-order valence-corrected chi connectivity index (χ4v) is 3.10. The summed E-state index contributed by atoms with van der Waals surface area (Å²) in [4.78, 5) is 2.46. The molecule has 1 aromatic rings. The van der Waals surface area contributed by atoms with Gasteiger partial charge in [0.05, 0.1) is 5.02 Å². The lowest BCUT2D eigenvalue weighted by Gasteiger charge is -2.35. The van der Waals surface area contributed by atoms with Gasteiger partial charge in [-0.2, -0.15) is 0 Å². The Morgan fingerprint density at radius 2 is 2.06 bits per heavy atom. The van der Waals surface area contributed by atoms with E-state index in [9.17, 15) is 0 Å². The second-order valence-electron chi connectivity index (χ2n) is 5.32. The molecule has 3 rings (SSSR count). The first-order valence-electron chi connectivity index (χ1n) is 6.68. The van der Waals surface area contributed by atoms with Gasteiger partial charge >= 0.3 is 0 Å². The maximum atomic E-state index is 6.05. The highest BCUT2D eigenvalue weighted by Crippen LogP contribution is 2.29. The smallest absolute Gasteiger partial charge is 0.0549 e. The molecule has 1 saturated heterocycles. The average Bonchev–Trinajstić information content (AvgIpc) is 3.17. The highest BCUT2D eigenvalue weighted by atomic mass is 79.9.